The van der Waals surface area contributed by atoms with Crippen LogP contribution in [0.25, 0.3) is 0 Å². The second-order valence-corrected chi connectivity index (χ2v) is 4.92. The Balaban J connectivity index is 3.02. The quantitative estimate of drug-likeness (QED) is 0.864. The zero-order chi connectivity index (χ0) is 13.9. The van der Waals surface area contributed by atoms with Gasteiger partial charge in [0.15, 0.2) is 5.15 Å². The fourth-order valence-corrected chi connectivity index (χ4v) is 1.97. The molecule has 1 aromatic rings. The number of aryl methyl sites for hydroxylation is 1. The summed E-state index contributed by atoms with van der Waals surface area (Å²) >= 11 is 11.7. The molecule has 1 heterocycles. The summed E-state index contributed by atoms with van der Waals surface area (Å²) in [5.74, 6) is -0.262. The highest BCUT2D eigenvalue weighted by molar-refractivity contribution is 6.34. The number of carbonyl (C=O) groups is 1. The molecule has 1 N–H and O–H groups in total. The lowest BCUT2D eigenvalue weighted by atomic mass is 10.0. The zero-order valence-electron chi connectivity index (χ0n) is 10.8. The lowest BCUT2D eigenvalue weighted by Gasteiger charge is -2.25. The van der Waals surface area contributed by atoms with E-state index in [1.165, 1.54) is 7.11 Å². The zero-order valence-corrected chi connectivity index (χ0v) is 12.3. The number of pyridine rings is 1. The molecule has 0 aliphatic heterocycles. The molecule has 4 nitrogen and oxygen atoms in total. The first-order chi connectivity index (χ1) is 8.34. The predicted octanol–water partition coefficient (Wildman–Crippen LogP) is 3.45. The Labute approximate surface area is 117 Å². The molecule has 18 heavy (non-hydrogen) atoms. The van der Waals surface area contributed by atoms with Crippen LogP contribution in [-0.4, -0.2) is 23.6 Å². The van der Waals surface area contributed by atoms with Crippen LogP contribution in [-0.2, 0) is 9.53 Å². The van der Waals surface area contributed by atoms with Crippen molar-refractivity contribution in [2.24, 2.45) is 0 Å². The molecule has 1 unspecified atom stereocenters. The van der Waals surface area contributed by atoms with Crippen LogP contribution in [0.1, 0.15) is 25.8 Å². The number of hydrogen-bond donors (Lipinski definition) is 1. The van der Waals surface area contributed by atoms with Crippen LogP contribution in [0.5, 0.6) is 0 Å². The first kappa shape index (κ1) is 15.2. The number of rotatable bonds is 4. The maximum atomic E-state index is 12.1. The summed E-state index contributed by atoms with van der Waals surface area (Å²) < 4.78 is 5.22. The van der Waals surface area contributed by atoms with E-state index in [1.54, 1.807) is 19.9 Å². The molecule has 0 saturated heterocycles. The van der Waals surface area contributed by atoms with Gasteiger partial charge in [-0.05, 0) is 31.9 Å². The first-order valence-electron chi connectivity index (χ1n) is 5.53. The van der Waals surface area contributed by atoms with Gasteiger partial charge in [-0.25, -0.2) is 4.98 Å². The SMILES string of the molecule is CCC(C)(OC)C(=O)Nc1c(C)cc(Cl)nc1Cl. The average molecular weight is 291 g/mol. The fraction of sp³-hybridized carbons (Fsp3) is 0.500. The molecule has 0 bridgehead atoms. The summed E-state index contributed by atoms with van der Waals surface area (Å²) in [5.41, 5.74) is 0.320. The first-order valence-corrected chi connectivity index (χ1v) is 6.29. The van der Waals surface area contributed by atoms with Gasteiger partial charge in [0.25, 0.3) is 5.91 Å². The Kier molecular flexibility index (Phi) is 4.96. The summed E-state index contributed by atoms with van der Waals surface area (Å²) in [5, 5.41) is 3.19. The molecule has 0 radical (unpaired) electrons. The molecule has 0 aliphatic rings. The summed E-state index contributed by atoms with van der Waals surface area (Å²) in [6.45, 7) is 5.39. The third kappa shape index (κ3) is 3.13. The molecule has 1 rings (SSSR count). The van der Waals surface area contributed by atoms with Crippen molar-refractivity contribution in [3.63, 3.8) is 0 Å². The number of nitrogens with one attached hydrogen (secondary N) is 1. The van der Waals surface area contributed by atoms with Crippen LogP contribution in [0.4, 0.5) is 5.69 Å². The lowest BCUT2D eigenvalue weighted by molar-refractivity contribution is -0.136. The van der Waals surface area contributed by atoms with Gasteiger partial charge in [0, 0.05) is 7.11 Å². The molecule has 0 spiro atoms. The second-order valence-electron chi connectivity index (χ2n) is 4.17. The number of methoxy groups -OCH3 is 1. The number of halogens is 2. The number of anilines is 1. The van der Waals surface area contributed by atoms with Crippen LogP contribution in [0.15, 0.2) is 6.07 Å². The van der Waals surface area contributed by atoms with Crippen molar-refractivity contribution in [3.8, 4) is 0 Å². The van der Waals surface area contributed by atoms with E-state index >= 15 is 0 Å². The number of carbonyl (C=O) groups excluding carboxylic acids is 1. The van der Waals surface area contributed by atoms with Crippen molar-refractivity contribution < 1.29 is 9.53 Å². The smallest absolute Gasteiger partial charge is 0.256 e. The molecule has 1 aromatic heterocycles. The van der Waals surface area contributed by atoms with Crippen molar-refractivity contribution in [2.45, 2.75) is 32.8 Å². The Morgan fingerprint density at radius 3 is 2.61 bits per heavy atom. The lowest BCUT2D eigenvalue weighted by Crippen LogP contribution is -2.41. The highest BCUT2D eigenvalue weighted by atomic mass is 35.5. The van der Waals surface area contributed by atoms with Gasteiger partial charge < -0.3 is 10.1 Å². The average Bonchev–Trinajstić information content (AvgIpc) is 2.32. The molecule has 1 atom stereocenters. The molecule has 0 fully saturated rings. The topological polar surface area (TPSA) is 51.2 Å². The van der Waals surface area contributed by atoms with Gasteiger partial charge in [-0.15, -0.1) is 0 Å². The van der Waals surface area contributed by atoms with Gasteiger partial charge in [0.05, 0.1) is 5.69 Å². The highest BCUT2D eigenvalue weighted by Crippen LogP contribution is 2.28. The highest BCUT2D eigenvalue weighted by Gasteiger charge is 2.31. The van der Waals surface area contributed by atoms with E-state index in [9.17, 15) is 4.79 Å². The van der Waals surface area contributed by atoms with E-state index in [4.69, 9.17) is 27.9 Å². The van der Waals surface area contributed by atoms with E-state index in [0.717, 1.165) is 5.56 Å². The minimum atomic E-state index is -0.893. The van der Waals surface area contributed by atoms with E-state index in [-0.39, 0.29) is 11.1 Å². The van der Waals surface area contributed by atoms with E-state index < -0.39 is 5.60 Å². The van der Waals surface area contributed by atoms with Crippen molar-refractivity contribution in [2.75, 3.05) is 12.4 Å². The molecular weight excluding hydrogens is 275 g/mol. The van der Waals surface area contributed by atoms with Crippen LogP contribution in [0, 0.1) is 6.92 Å². The molecule has 6 heteroatoms. The maximum absolute atomic E-state index is 12.1. The third-order valence-corrected chi connectivity index (χ3v) is 3.45. The Morgan fingerprint density at radius 2 is 2.17 bits per heavy atom. The summed E-state index contributed by atoms with van der Waals surface area (Å²) in [4.78, 5) is 16.0. The van der Waals surface area contributed by atoms with Crippen LogP contribution in [0.3, 0.4) is 0 Å². The molecular formula is C12H16Cl2N2O2. The molecule has 100 valence electrons. The van der Waals surface area contributed by atoms with Crippen molar-refractivity contribution in [1.82, 2.24) is 4.98 Å². The van der Waals surface area contributed by atoms with Gasteiger partial charge in [-0.2, -0.15) is 0 Å². The molecule has 0 aromatic carbocycles. The Morgan fingerprint density at radius 1 is 1.56 bits per heavy atom. The maximum Gasteiger partial charge on any atom is 0.256 e. The monoisotopic (exact) mass is 290 g/mol. The minimum Gasteiger partial charge on any atom is -0.369 e. The number of amides is 1. The van der Waals surface area contributed by atoms with Gasteiger partial charge in [0.1, 0.15) is 10.8 Å². The van der Waals surface area contributed by atoms with E-state index in [0.29, 0.717) is 17.3 Å². The third-order valence-electron chi connectivity index (χ3n) is 2.99. The number of hydrogen-bond acceptors (Lipinski definition) is 3. The number of ether oxygens (including phenoxy) is 1. The standard InChI is InChI=1S/C12H16Cl2N2O2/c1-5-12(3,18-4)11(17)16-9-7(2)6-8(13)15-10(9)14/h6H,5H2,1-4H3,(H,16,17). The summed E-state index contributed by atoms with van der Waals surface area (Å²) in [6.07, 6.45) is 0.549. The van der Waals surface area contributed by atoms with E-state index in [1.807, 2.05) is 6.92 Å². The summed E-state index contributed by atoms with van der Waals surface area (Å²) in [6, 6.07) is 1.64. The second kappa shape index (κ2) is 5.87. The molecule has 0 aliphatic carbocycles. The Bertz CT molecular complexity index is 436. The van der Waals surface area contributed by atoms with Crippen LogP contribution >= 0.6 is 23.2 Å². The predicted molar refractivity (Wildman–Crippen MR) is 73.3 cm³/mol. The fourth-order valence-electron chi connectivity index (χ4n) is 1.39. The normalized spacial score (nSPS) is 14.1. The summed E-state index contributed by atoms with van der Waals surface area (Å²) in [7, 11) is 1.50. The van der Waals surface area contributed by atoms with Crippen LogP contribution in [0.2, 0.25) is 10.3 Å². The van der Waals surface area contributed by atoms with Crippen molar-refractivity contribution in [1.29, 1.82) is 0 Å². The number of nitrogens with zero attached hydrogens (tertiary/aromatic N) is 1. The van der Waals surface area contributed by atoms with E-state index in [2.05, 4.69) is 10.3 Å². The minimum absolute atomic E-state index is 0.169. The number of aromatic nitrogens is 1. The van der Waals surface area contributed by atoms with Gasteiger partial charge in [-0.3, -0.25) is 4.79 Å². The van der Waals surface area contributed by atoms with Gasteiger partial charge in [-0.1, -0.05) is 30.1 Å². The molecule has 0 saturated carbocycles. The molecule has 1 amide bonds. The Hall–Kier alpha value is -0.840. The largest absolute Gasteiger partial charge is 0.369 e. The van der Waals surface area contributed by atoms with Crippen molar-refractivity contribution >= 4 is 34.8 Å². The van der Waals surface area contributed by atoms with Gasteiger partial charge >= 0.3 is 0 Å². The van der Waals surface area contributed by atoms with Gasteiger partial charge in [0.2, 0.25) is 0 Å². The van der Waals surface area contributed by atoms with Crippen molar-refractivity contribution in [3.05, 3.63) is 21.9 Å². The van der Waals surface area contributed by atoms with Crippen LogP contribution < -0.4 is 5.32 Å².